The van der Waals surface area contributed by atoms with Crippen LogP contribution < -0.4 is 0 Å². The molecule has 0 aliphatic carbocycles. The van der Waals surface area contributed by atoms with Crippen molar-refractivity contribution in [2.75, 3.05) is 0 Å². The molecule has 2 aromatic rings. The molecule has 0 fully saturated rings. The fraction of sp³-hybridized carbons (Fsp3) is 0.200. The summed E-state index contributed by atoms with van der Waals surface area (Å²) >= 11 is 7.50. The minimum Gasteiger partial charge on any atom is -0.291 e. The van der Waals surface area contributed by atoms with Crippen LogP contribution in [0.3, 0.4) is 0 Å². The summed E-state index contributed by atoms with van der Waals surface area (Å²) in [6.07, 6.45) is 0.890. The van der Waals surface area contributed by atoms with Gasteiger partial charge in [-0.25, -0.2) is 0 Å². The zero-order chi connectivity index (χ0) is 13.8. The molecule has 0 bridgehead atoms. The van der Waals surface area contributed by atoms with E-state index in [2.05, 4.69) is 6.07 Å². The highest BCUT2D eigenvalue weighted by Gasteiger charge is 2.24. The quantitative estimate of drug-likeness (QED) is 0.780. The third-order valence-electron chi connectivity index (χ3n) is 2.86. The van der Waals surface area contributed by atoms with Gasteiger partial charge >= 0.3 is 0 Å². The third-order valence-corrected chi connectivity index (χ3v) is 4.45. The molecule has 1 heterocycles. The van der Waals surface area contributed by atoms with Crippen LogP contribution in [0.25, 0.3) is 0 Å². The van der Waals surface area contributed by atoms with Crippen LogP contribution >= 0.6 is 22.9 Å². The van der Waals surface area contributed by atoms with E-state index in [4.69, 9.17) is 11.6 Å². The van der Waals surface area contributed by atoms with Crippen LogP contribution in [0.5, 0.6) is 0 Å². The first-order valence-corrected chi connectivity index (χ1v) is 7.13. The normalized spacial score (nSPS) is 11.8. The van der Waals surface area contributed by atoms with Gasteiger partial charge in [0, 0.05) is 9.90 Å². The highest BCUT2D eigenvalue weighted by atomic mass is 35.5. The molecule has 0 saturated carbocycles. The van der Waals surface area contributed by atoms with Crippen LogP contribution in [0, 0.1) is 11.3 Å². The van der Waals surface area contributed by atoms with Gasteiger partial charge in [0.25, 0.3) is 0 Å². The molecule has 0 aliphatic rings. The molecule has 2 nitrogen and oxygen atoms in total. The molecule has 0 N–H and O–H groups in total. The van der Waals surface area contributed by atoms with Crippen LogP contribution in [0.2, 0.25) is 5.02 Å². The molecule has 1 aromatic carbocycles. The second-order valence-corrected chi connectivity index (χ2v) is 5.64. The molecule has 1 unspecified atom stereocenters. The Morgan fingerprint density at radius 2 is 2.11 bits per heavy atom. The van der Waals surface area contributed by atoms with Gasteiger partial charge in [-0.05, 0) is 30.2 Å². The lowest BCUT2D eigenvalue weighted by Gasteiger charge is -2.08. The molecule has 2 rings (SSSR count). The van der Waals surface area contributed by atoms with Crippen LogP contribution in [0.1, 0.15) is 33.0 Å². The number of hydrogen-bond acceptors (Lipinski definition) is 3. The first-order valence-electron chi connectivity index (χ1n) is 5.94. The highest BCUT2D eigenvalue weighted by Crippen LogP contribution is 2.29. The van der Waals surface area contributed by atoms with Crippen LogP contribution in [-0.4, -0.2) is 5.78 Å². The third kappa shape index (κ3) is 2.86. The van der Waals surface area contributed by atoms with Crippen LogP contribution in [0.15, 0.2) is 36.4 Å². The molecular weight excluding hydrogens is 278 g/mol. The van der Waals surface area contributed by atoms with Gasteiger partial charge in [-0.3, -0.25) is 4.79 Å². The SMILES string of the molecule is CCc1ccc(C(=O)C(C#N)c2ccccc2Cl)s1. The molecule has 0 spiro atoms. The van der Waals surface area contributed by atoms with E-state index in [1.807, 2.05) is 13.0 Å². The zero-order valence-electron chi connectivity index (χ0n) is 10.4. The first kappa shape index (κ1) is 13.8. The second kappa shape index (κ2) is 6.01. The topological polar surface area (TPSA) is 40.9 Å². The number of aryl methyl sites for hydroxylation is 1. The van der Waals surface area contributed by atoms with E-state index in [9.17, 15) is 10.1 Å². The molecule has 19 heavy (non-hydrogen) atoms. The van der Waals surface area contributed by atoms with E-state index in [1.54, 1.807) is 30.3 Å². The summed E-state index contributed by atoms with van der Waals surface area (Å²) in [5.74, 6) is -1.02. The number of benzene rings is 1. The van der Waals surface area contributed by atoms with Crippen molar-refractivity contribution in [3.05, 3.63) is 56.7 Å². The molecular formula is C15H12ClNOS. The summed E-state index contributed by atoms with van der Waals surface area (Å²) in [6.45, 7) is 2.04. The fourth-order valence-electron chi connectivity index (χ4n) is 1.82. The van der Waals surface area contributed by atoms with Crippen molar-refractivity contribution in [2.45, 2.75) is 19.3 Å². The van der Waals surface area contributed by atoms with Crippen molar-refractivity contribution in [3.63, 3.8) is 0 Å². The smallest absolute Gasteiger partial charge is 0.194 e. The predicted octanol–water partition coefficient (Wildman–Crippen LogP) is 4.45. The zero-order valence-corrected chi connectivity index (χ0v) is 12.0. The largest absolute Gasteiger partial charge is 0.291 e. The monoisotopic (exact) mass is 289 g/mol. The van der Waals surface area contributed by atoms with Crippen molar-refractivity contribution in [3.8, 4) is 6.07 Å². The van der Waals surface area contributed by atoms with Crippen molar-refractivity contribution >= 4 is 28.7 Å². The number of thiophene rings is 1. The maximum atomic E-state index is 12.4. The average Bonchev–Trinajstić information content (AvgIpc) is 2.90. The molecule has 1 atom stereocenters. The Hall–Kier alpha value is -1.63. The van der Waals surface area contributed by atoms with Gasteiger partial charge in [0.15, 0.2) is 5.78 Å². The van der Waals surface area contributed by atoms with Crippen molar-refractivity contribution in [2.24, 2.45) is 0 Å². The van der Waals surface area contributed by atoms with Gasteiger partial charge < -0.3 is 0 Å². The van der Waals surface area contributed by atoms with Gasteiger partial charge in [0.2, 0.25) is 0 Å². The maximum Gasteiger partial charge on any atom is 0.194 e. The Balaban J connectivity index is 2.35. The molecule has 96 valence electrons. The summed E-state index contributed by atoms with van der Waals surface area (Å²) in [7, 11) is 0. The van der Waals surface area contributed by atoms with Crippen LogP contribution in [-0.2, 0) is 6.42 Å². The Bertz CT molecular complexity index is 642. The minimum absolute atomic E-state index is 0.180. The van der Waals surface area contributed by atoms with Gasteiger partial charge in [0.1, 0.15) is 5.92 Å². The van der Waals surface area contributed by atoms with Gasteiger partial charge in [-0.2, -0.15) is 5.26 Å². The van der Waals surface area contributed by atoms with Crippen LogP contribution in [0.4, 0.5) is 0 Å². The van der Waals surface area contributed by atoms with Crippen molar-refractivity contribution in [1.82, 2.24) is 0 Å². The predicted molar refractivity (Wildman–Crippen MR) is 77.8 cm³/mol. The average molecular weight is 290 g/mol. The highest BCUT2D eigenvalue weighted by molar-refractivity contribution is 7.14. The lowest BCUT2D eigenvalue weighted by Crippen LogP contribution is -2.10. The lowest BCUT2D eigenvalue weighted by atomic mass is 9.95. The summed E-state index contributed by atoms with van der Waals surface area (Å²) in [4.78, 5) is 14.1. The molecule has 0 radical (unpaired) electrons. The van der Waals surface area contributed by atoms with Crippen molar-refractivity contribution < 1.29 is 4.79 Å². The summed E-state index contributed by atoms with van der Waals surface area (Å²) in [6, 6.07) is 12.8. The van der Waals surface area contributed by atoms with E-state index in [1.165, 1.54) is 11.3 Å². The van der Waals surface area contributed by atoms with E-state index in [0.717, 1.165) is 11.3 Å². The van der Waals surface area contributed by atoms with Gasteiger partial charge in [-0.1, -0.05) is 36.7 Å². The number of ketones is 1. The van der Waals surface area contributed by atoms with Crippen molar-refractivity contribution in [1.29, 1.82) is 5.26 Å². The Kier molecular flexibility index (Phi) is 4.36. The molecule has 0 saturated heterocycles. The van der Waals surface area contributed by atoms with Gasteiger partial charge in [0.05, 0.1) is 10.9 Å². The minimum atomic E-state index is -0.836. The van der Waals surface area contributed by atoms with E-state index >= 15 is 0 Å². The van der Waals surface area contributed by atoms with E-state index < -0.39 is 5.92 Å². The number of rotatable bonds is 4. The maximum absolute atomic E-state index is 12.4. The Morgan fingerprint density at radius 3 is 2.68 bits per heavy atom. The Morgan fingerprint density at radius 1 is 1.37 bits per heavy atom. The standard InChI is InChI=1S/C15H12ClNOS/c1-2-10-7-8-14(19-10)15(18)12(9-17)11-5-3-4-6-13(11)16/h3-8,12H,2H2,1H3. The van der Waals surface area contributed by atoms with E-state index in [0.29, 0.717) is 15.5 Å². The van der Waals surface area contributed by atoms with E-state index in [-0.39, 0.29) is 5.78 Å². The first-order chi connectivity index (χ1) is 9.17. The lowest BCUT2D eigenvalue weighted by molar-refractivity contribution is 0.0983. The molecule has 1 aromatic heterocycles. The number of carbonyl (C=O) groups is 1. The summed E-state index contributed by atoms with van der Waals surface area (Å²) in [5, 5.41) is 9.73. The molecule has 4 heteroatoms. The molecule has 0 amide bonds. The summed E-state index contributed by atoms with van der Waals surface area (Å²) in [5.41, 5.74) is 0.572. The number of halogens is 1. The number of nitrogens with zero attached hydrogens (tertiary/aromatic N) is 1. The fourth-order valence-corrected chi connectivity index (χ4v) is 2.98. The number of Topliss-reactive ketones (excluding diaryl/α,β-unsaturated/α-hetero) is 1. The second-order valence-electron chi connectivity index (χ2n) is 4.07. The Labute approximate surface area is 121 Å². The number of hydrogen-bond donors (Lipinski definition) is 0. The molecule has 0 aliphatic heterocycles. The summed E-state index contributed by atoms with van der Waals surface area (Å²) < 4.78 is 0. The number of nitriles is 1. The van der Waals surface area contributed by atoms with Gasteiger partial charge in [-0.15, -0.1) is 11.3 Å². The number of carbonyl (C=O) groups excluding carboxylic acids is 1.